The smallest absolute Gasteiger partial charge is 0.311 e. The molecule has 0 unspecified atom stereocenters. The highest BCUT2D eigenvalue weighted by molar-refractivity contribution is 9.08. The highest BCUT2D eigenvalue weighted by Crippen LogP contribution is 2.29. The van der Waals surface area contributed by atoms with Crippen molar-refractivity contribution in [1.29, 1.82) is 0 Å². The molecule has 0 bridgehead atoms. The van der Waals surface area contributed by atoms with Crippen LogP contribution in [0.3, 0.4) is 0 Å². The number of hydrogen-bond donors (Lipinski definition) is 0. The normalized spacial score (nSPS) is 10.7. The Morgan fingerprint density at radius 1 is 1.44 bits per heavy atom. The molecule has 0 aromatic heterocycles. The molecule has 0 atom stereocenters. The summed E-state index contributed by atoms with van der Waals surface area (Å²) < 4.78 is 5.49. The molecule has 1 aromatic carbocycles. The topological polar surface area (TPSA) is 52.4 Å². The lowest BCUT2D eigenvalue weighted by Gasteiger charge is -2.08. The van der Waals surface area contributed by atoms with Crippen LogP contribution in [0, 0.1) is 16.0 Å². The van der Waals surface area contributed by atoms with Gasteiger partial charge in [-0.2, -0.15) is 0 Å². The van der Waals surface area contributed by atoms with Crippen molar-refractivity contribution in [3.05, 3.63) is 33.9 Å². The molecule has 0 fully saturated rings. The summed E-state index contributed by atoms with van der Waals surface area (Å²) in [5.41, 5.74) is 0.910. The average Bonchev–Trinajstić information content (AvgIpc) is 2.34. The molecule has 18 heavy (non-hydrogen) atoms. The lowest BCUT2D eigenvalue weighted by atomic mass is 10.1. The molecule has 0 aliphatic rings. The molecule has 0 spiro atoms. The van der Waals surface area contributed by atoms with E-state index in [1.807, 2.05) is 6.07 Å². The fourth-order valence-corrected chi connectivity index (χ4v) is 1.93. The minimum absolute atomic E-state index is 0.0384. The number of nitro benzene ring substituents is 1. The van der Waals surface area contributed by atoms with Crippen LogP contribution in [-0.4, -0.2) is 11.5 Å². The maximum atomic E-state index is 10.9. The monoisotopic (exact) mass is 315 g/mol. The standard InChI is InChI=1S/C13H18BrNO3/c1-10(2)4-3-7-18-13-6-5-11(9-14)8-12(13)15(16)17/h5-6,8,10H,3-4,7,9H2,1-2H3. The largest absolute Gasteiger partial charge is 0.487 e. The van der Waals surface area contributed by atoms with E-state index < -0.39 is 4.92 Å². The van der Waals surface area contributed by atoms with Crippen LogP contribution >= 0.6 is 15.9 Å². The number of benzene rings is 1. The lowest BCUT2D eigenvalue weighted by Crippen LogP contribution is -2.02. The Morgan fingerprint density at radius 3 is 2.72 bits per heavy atom. The molecule has 0 aliphatic carbocycles. The molecule has 4 nitrogen and oxygen atoms in total. The second kappa shape index (κ2) is 7.36. The number of halogens is 1. The zero-order valence-corrected chi connectivity index (χ0v) is 12.3. The van der Waals surface area contributed by atoms with Crippen LogP contribution < -0.4 is 4.74 Å². The number of rotatable bonds is 7. The van der Waals surface area contributed by atoms with Crippen molar-refractivity contribution in [1.82, 2.24) is 0 Å². The maximum Gasteiger partial charge on any atom is 0.311 e. The van der Waals surface area contributed by atoms with Crippen LogP contribution in [0.2, 0.25) is 0 Å². The van der Waals surface area contributed by atoms with Gasteiger partial charge in [0.1, 0.15) is 0 Å². The van der Waals surface area contributed by atoms with E-state index in [1.165, 1.54) is 0 Å². The van der Waals surface area contributed by atoms with Crippen molar-refractivity contribution in [2.24, 2.45) is 5.92 Å². The van der Waals surface area contributed by atoms with Gasteiger partial charge in [-0.3, -0.25) is 10.1 Å². The summed E-state index contributed by atoms with van der Waals surface area (Å²) in [6, 6.07) is 5.05. The first-order chi connectivity index (χ1) is 8.54. The van der Waals surface area contributed by atoms with Gasteiger partial charge in [0, 0.05) is 11.4 Å². The first-order valence-electron chi connectivity index (χ1n) is 6.00. The van der Waals surface area contributed by atoms with Crippen LogP contribution in [0.5, 0.6) is 5.75 Å². The molecule has 1 rings (SSSR count). The molecule has 0 amide bonds. The summed E-state index contributed by atoms with van der Waals surface area (Å²) in [6.45, 7) is 4.81. The fourth-order valence-electron chi connectivity index (χ4n) is 1.58. The molecule has 0 N–H and O–H groups in total. The molecule has 0 radical (unpaired) electrons. The molecule has 1 aromatic rings. The second-order valence-electron chi connectivity index (χ2n) is 4.58. The van der Waals surface area contributed by atoms with Gasteiger partial charge in [-0.15, -0.1) is 0 Å². The van der Waals surface area contributed by atoms with Gasteiger partial charge in [-0.1, -0.05) is 35.8 Å². The molecular weight excluding hydrogens is 298 g/mol. The Balaban J connectivity index is 2.67. The van der Waals surface area contributed by atoms with E-state index in [4.69, 9.17) is 4.74 Å². The summed E-state index contributed by atoms with van der Waals surface area (Å²) in [6.07, 6.45) is 1.97. The van der Waals surface area contributed by atoms with E-state index in [9.17, 15) is 10.1 Å². The molecule has 0 aliphatic heterocycles. The van der Waals surface area contributed by atoms with Crippen LogP contribution in [0.25, 0.3) is 0 Å². The molecule has 100 valence electrons. The average molecular weight is 316 g/mol. The number of alkyl halides is 1. The Labute approximate surface area is 116 Å². The summed E-state index contributed by atoms with van der Waals surface area (Å²) in [5, 5.41) is 11.5. The predicted octanol–water partition coefficient (Wildman–Crippen LogP) is 4.30. The molecule has 0 saturated heterocycles. The Morgan fingerprint density at radius 2 is 2.17 bits per heavy atom. The van der Waals surface area contributed by atoms with E-state index >= 15 is 0 Å². The zero-order valence-electron chi connectivity index (χ0n) is 10.7. The predicted molar refractivity (Wildman–Crippen MR) is 75.3 cm³/mol. The van der Waals surface area contributed by atoms with Crippen molar-refractivity contribution >= 4 is 21.6 Å². The van der Waals surface area contributed by atoms with Crippen molar-refractivity contribution in [2.75, 3.05) is 6.61 Å². The maximum absolute atomic E-state index is 10.9. The van der Waals surface area contributed by atoms with E-state index in [-0.39, 0.29) is 5.69 Å². The molecular formula is C13H18BrNO3. The minimum Gasteiger partial charge on any atom is -0.487 e. The Bertz CT molecular complexity index is 407. The number of nitrogens with zero attached hydrogens (tertiary/aromatic N) is 1. The second-order valence-corrected chi connectivity index (χ2v) is 5.14. The first-order valence-corrected chi connectivity index (χ1v) is 7.12. The number of ether oxygens (including phenoxy) is 1. The summed E-state index contributed by atoms with van der Waals surface area (Å²) in [5.74, 6) is 0.979. The van der Waals surface area contributed by atoms with E-state index in [1.54, 1.807) is 12.1 Å². The third-order valence-electron chi connectivity index (χ3n) is 2.56. The van der Waals surface area contributed by atoms with Gasteiger partial charge < -0.3 is 4.74 Å². The molecule has 0 heterocycles. The van der Waals surface area contributed by atoms with E-state index in [2.05, 4.69) is 29.8 Å². The SMILES string of the molecule is CC(C)CCCOc1ccc(CBr)cc1[N+](=O)[O-]. The van der Waals surface area contributed by atoms with E-state index in [0.717, 1.165) is 18.4 Å². The highest BCUT2D eigenvalue weighted by Gasteiger charge is 2.15. The van der Waals surface area contributed by atoms with Crippen molar-refractivity contribution in [3.8, 4) is 5.75 Å². The first kappa shape index (κ1) is 15.0. The van der Waals surface area contributed by atoms with Crippen molar-refractivity contribution in [3.63, 3.8) is 0 Å². The zero-order chi connectivity index (χ0) is 13.5. The van der Waals surface area contributed by atoms with Gasteiger partial charge in [0.05, 0.1) is 11.5 Å². The van der Waals surface area contributed by atoms with Crippen LogP contribution in [0.15, 0.2) is 18.2 Å². The van der Waals surface area contributed by atoms with E-state index in [0.29, 0.717) is 23.6 Å². The van der Waals surface area contributed by atoms with Crippen molar-refractivity contribution in [2.45, 2.75) is 32.0 Å². The van der Waals surface area contributed by atoms with Gasteiger partial charge in [0.15, 0.2) is 5.75 Å². The van der Waals surface area contributed by atoms with Gasteiger partial charge in [0.25, 0.3) is 0 Å². The molecule has 0 saturated carbocycles. The van der Waals surface area contributed by atoms with Crippen molar-refractivity contribution < 1.29 is 9.66 Å². The summed E-state index contributed by atoms with van der Waals surface area (Å²) in [4.78, 5) is 10.5. The quantitative estimate of drug-likeness (QED) is 0.326. The van der Waals surface area contributed by atoms with Gasteiger partial charge in [-0.05, 0) is 30.4 Å². The van der Waals surface area contributed by atoms with Crippen LogP contribution in [0.1, 0.15) is 32.3 Å². The Kier molecular flexibility index (Phi) is 6.12. The van der Waals surface area contributed by atoms with Gasteiger partial charge >= 0.3 is 5.69 Å². The van der Waals surface area contributed by atoms with Crippen LogP contribution in [0.4, 0.5) is 5.69 Å². The Hall–Kier alpha value is -1.10. The highest BCUT2D eigenvalue weighted by atomic mass is 79.9. The third kappa shape index (κ3) is 4.64. The van der Waals surface area contributed by atoms with Gasteiger partial charge in [-0.25, -0.2) is 0 Å². The summed E-state index contributed by atoms with van der Waals surface area (Å²) >= 11 is 3.28. The van der Waals surface area contributed by atoms with Crippen LogP contribution in [-0.2, 0) is 5.33 Å². The fraction of sp³-hybridized carbons (Fsp3) is 0.538. The number of nitro groups is 1. The third-order valence-corrected chi connectivity index (χ3v) is 3.21. The lowest BCUT2D eigenvalue weighted by molar-refractivity contribution is -0.385. The minimum atomic E-state index is -0.399. The summed E-state index contributed by atoms with van der Waals surface area (Å²) in [7, 11) is 0. The number of hydrogen-bond acceptors (Lipinski definition) is 3. The molecule has 5 heteroatoms. The van der Waals surface area contributed by atoms with Gasteiger partial charge in [0.2, 0.25) is 0 Å².